The first-order chi connectivity index (χ1) is 9.22. The van der Waals surface area contributed by atoms with Crippen LogP contribution in [0.4, 0.5) is 0 Å². The molecule has 0 aliphatic carbocycles. The van der Waals surface area contributed by atoms with Crippen molar-refractivity contribution < 1.29 is 14.6 Å². The van der Waals surface area contributed by atoms with Crippen molar-refractivity contribution >= 4 is 17.3 Å². The van der Waals surface area contributed by atoms with Gasteiger partial charge in [0.2, 0.25) is 5.88 Å². The molecule has 0 aromatic carbocycles. The van der Waals surface area contributed by atoms with Crippen LogP contribution >= 0.6 is 11.3 Å². The number of aromatic carboxylic acids is 1. The summed E-state index contributed by atoms with van der Waals surface area (Å²) < 4.78 is 5.15. The molecule has 0 atom stereocenters. The second-order valence-corrected chi connectivity index (χ2v) is 4.77. The molecule has 0 aliphatic rings. The van der Waals surface area contributed by atoms with E-state index in [0.717, 1.165) is 11.1 Å². The van der Waals surface area contributed by atoms with Crippen molar-refractivity contribution in [1.29, 1.82) is 0 Å². The summed E-state index contributed by atoms with van der Waals surface area (Å²) in [5.74, 6) is -0.301. The quantitative estimate of drug-likeness (QED) is 0.847. The molecule has 0 fully saturated rings. The largest absolute Gasteiger partial charge is 0.481 e. The molecule has 2 heterocycles. The van der Waals surface area contributed by atoms with Crippen LogP contribution in [-0.4, -0.2) is 23.2 Å². The minimum Gasteiger partial charge on any atom is -0.481 e. The lowest BCUT2D eigenvalue weighted by molar-refractivity contribution is 0.0701. The topological polar surface area (TPSA) is 71.5 Å². The highest BCUT2D eigenvalue weighted by Gasteiger charge is 2.11. The summed E-state index contributed by atoms with van der Waals surface area (Å²) in [4.78, 5) is 15.5. The Labute approximate surface area is 114 Å². The Bertz CT molecular complexity index is 569. The minimum atomic E-state index is -0.884. The summed E-state index contributed by atoms with van der Waals surface area (Å²) in [6.45, 7) is 1.08. The number of ether oxygens (including phenoxy) is 1. The number of nitrogens with one attached hydrogen (secondary N) is 1. The molecule has 2 N–H and O–H groups in total. The molecule has 0 saturated carbocycles. The molecule has 100 valence electrons. The first-order valence-electron chi connectivity index (χ1n) is 5.70. The normalized spacial score (nSPS) is 10.4. The highest BCUT2D eigenvalue weighted by atomic mass is 32.1. The maximum atomic E-state index is 11.0. The maximum absolute atomic E-state index is 11.0. The van der Waals surface area contributed by atoms with Crippen molar-refractivity contribution in [3.63, 3.8) is 0 Å². The van der Waals surface area contributed by atoms with E-state index in [1.807, 2.05) is 18.2 Å². The monoisotopic (exact) mass is 278 g/mol. The minimum absolute atomic E-state index is 0.380. The Morgan fingerprint density at radius 3 is 2.95 bits per heavy atom. The van der Waals surface area contributed by atoms with Crippen LogP contribution < -0.4 is 10.1 Å². The van der Waals surface area contributed by atoms with E-state index in [1.165, 1.54) is 11.3 Å². The SMILES string of the molecule is COc1ncccc1CNCc1ccsc1C(=O)O. The van der Waals surface area contributed by atoms with E-state index < -0.39 is 5.97 Å². The number of carbonyl (C=O) groups is 1. The van der Waals surface area contributed by atoms with E-state index in [-0.39, 0.29) is 0 Å². The van der Waals surface area contributed by atoms with Crippen LogP contribution in [-0.2, 0) is 13.1 Å². The van der Waals surface area contributed by atoms with Gasteiger partial charge in [0.25, 0.3) is 0 Å². The predicted octanol–water partition coefficient (Wildman–Crippen LogP) is 2.14. The fraction of sp³-hybridized carbons (Fsp3) is 0.231. The standard InChI is InChI=1S/C13H14N2O3S/c1-18-12-10(3-2-5-15-12)8-14-7-9-4-6-19-11(9)13(16)17/h2-6,14H,7-8H2,1H3,(H,16,17). The van der Waals surface area contributed by atoms with Crippen LogP contribution in [0.3, 0.4) is 0 Å². The molecule has 0 aliphatic heterocycles. The van der Waals surface area contributed by atoms with Gasteiger partial charge in [0, 0.05) is 24.8 Å². The lowest BCUT2D eigenvalue weighted by Gasteiger charge is -2.08. The van der Waals surface area contributed by atoms with Crippen molar-refractivity contribution in [2.45, 2.75) is 13.1 Å². The van der Waals surface area contributed by atoms with Gasteiger partial charge in [-0.15, -0.1) is 11.3 Å². The summed E-state index contributed by atoms with van der Waals surface area (Å²) in [7, 11) is 1.58. The third kappa shape index (κ3) is 3.30. The molecule has 2 rings (SSSR count). The van der Waals surface area contributed by atoms with Crippen molar-refractivity contribution in [2.24, 2.45) is 0 Å². The van der Waals surface area contributed by atoms with Crippen LogP contribution in [0.5, 0.6) is 5.88 Å². The van der Waals surface area contributed by atoms with E-state index in [1.54, 1.807) is 18.7 Å². The number of methoxy groups -OCH3 is 1. The zero-order valence-electron chi connectivity index (χ0n) is 10.4. The molecule has 0 spiro atoms. The van der Waals surface area contributed by atoms with Gasteiger partial charge in [-0.1, -0.05) is 6.07 Å². The summed E-state index contributed by atoms with van der Waals surface area (Å²) in [6, 6.07) is 5.58. The summed E-state index contributed by atoms with van der Waals surface area (Å²) >= 11 is 1.23. The average molecular weight is 278 g/mol. The first-order valence-corrected chi connectivity index (χ1v) is 6.58. The Balaban J connectivity index is 1.96. The first kappa shape index (κ1) is 13.5. The smallest absolute Gasteiger partial charge is 0.346 e. The highest BCUT2D eigenvalue weighted by Crippen LogP contribution is 2.17. The van der Waals surface area contributed by atoms with Crippen molar-refractivity contribution in [2.75, 3.05) is 7.11 Å². The molecule has 2 aromatic heterocycles. The summed E-state index contributed by atoms with van der Waals surface area (Å²) in [5.41, 5.74) is 1.73. The van der Waals surface area contributed by atoms with Crippen molar-refractivity contribution in [1.82, 2.24) is 10.3 Å². The number of rotatable bonds is 6. The van der Waals surface area contributed by atoms with E-state index in [0.29, 0.717) is 23.8 Å². The van der Waals surface area contributed by atoms with Crippen LogP contribution in [0.1, 0.15) is 20.8 Å². The zero-order valence-corrected chi connectivity index (χ0v) is 11.2. The van der Waals surface area contributed by atoms with Crippen LogP contribution in [0, 0.1) is 0 Å². The van der Waals surface area contributed by atoms with E-state index in [9.17, 15) is 4.79 Å². The average Bonchev–Trinajstić information content (AvgIpc) is 2.88. The third-order valence-electron chi connectivity index (χ3n) is 2.62. The predicted molar refractivity (Wildman–Crippen MR) is 72.6 cm³/mol. The highest BCUT2D eigenvalue weighted by molar-refractivity contribution is 7.12. The number of hydrogen-bond acceptors (Lipinski definition) is 5. The van der Waals surface area contributed by atoms with Crippen LogP contribution in [0.15, 0.2) is 29.8 Å². The summed E-state index contributed by atoms with van der Waals surface area (Å²) in [6.07, 6.45) is 1.67. The molecule has 0 saturated heterocycles. The van der Waals surface area contributed by atoms with Gasteiger partial charge in [0.1, 0.15) is 4.88 Å². The number of nitrogens with zero attached hydrogens (tertiary/aromatic N) is 1. The number of aromatic nitrogens is 1. The molecule has 6 heteroatoms. The molecule has 0 amide bonds. The van der Waals surface area contributed by atoms with Crippen molar-refractivity contribution in [3.05, 3.63) is 45.8 Å². The molecule has 2 aromatic rings. The van der Waals surface area contributed by atoms with Crippen LogP contribution in [0.2, 0.25) is 0 Å². The summed E-state index contributed by atoms with van der Waals surface area (Å²) in [5, 5.41) is 14.0. The fourth-order valence-electron chi connectivity index (χ4n) is 1.74. The Kier molecular flexibility index (Phi) is 4.48. The maximum Gasteiger partial charge on any atom is 0.346 e. The molecular weight excluding hydrogens is 264 g/mol. The third-order valence-corrected chi connectivity index (χ3v) is 3.56. The van der Waals surface area contributed by atoms with Gasteiger partial charge in [-0.25, -0.2) is 9.78 Å². The van der Waals surface area contributed by atoms with E-state index in [2.05, 4.69) is 10.3 Å². The lowest BCUT2D eigenvalue weighted by Crippen LogP contribution is -2.15. The fourth-order valence-corrected chi connectivity index (χ4v) is 2.50. The molecular formula is C13H14N2O3S. The van der Waals surface area contributed by atoms with Gasteiger partial charge >= 0.3 is 5.97 Å². The van der Waals surface area contributed by atoms with Gasteiger partial charge in [-0.3, -0.25) is 0 Å². The van der Waals surface area contributed by atoms with E-state index in [4.69, 9.17) is 9.84 Å². The van der Waals surface area contributed by atoms with E-state index >= 15 is 0 Å². The Hall–Kier alpha value is -1.92. The molecule has 5 nitrogen and oxygen atoms in total. The number of thiophene rings is 1. The number of carboxylic acid groups (broad SMARTS) is 1. The second-order valence-electron chi connectivity index (χ2n) is 3.86. The van der Waals surface area contributed by atoms with Crippen molar-refractivity contribution in [3.8, 4) is 5.88 Å². The van der Waals surface area contributed by atoms with Crippen LogP contribution in [0.25, 0.3) is 0 Å². The lowest BCUT2D eigenvalue weighted by atomic mass is 10.2. The molecule has 0 bridgehead atoms. The molecule has 0 radical (unpaired) electrons. The van der Waals surface area contributed by atoms with Gasteiger partial charge in [-0.05, 0) is 23.1 Å². The Morgan fingerprint density at radius 1 is 1.42 bits per heavy atom. The molecule has 0 unspecified atom stereocenters. The number of pyridine rings is 1. The number of hydrogen-bond donors (Lipinski definition) is 2. The molecule has 19 heavy (non-hydrogen) atoms. The van der Waals surface area contributed by atoms with Gasteiger partial charge in [0.05, 0.1) is 7.11 Å². The number of carboxylic acids is 1. The zero-order chi connectivity index (χ0) is 13.7. The second kappa shape index (κ2) is 6.31. The van der Waals surface area contributed by atoms with Gasteiger partial charge in [0.15, 0.2) is 0 Å². The van der Waals surface area contributed by atoms with Gasteiger partial charge in [-0.2, -0.15) is 0 Å². The Morgan fingerprint density at radius 2 is 2.21 bits per heavy atom. The van der Waals surface area contributed by atoms with Gasteiger partial charge < -0.3 is 15.2 Å².